The second-order valence-electron chi connectivity index (χ2n) is 12.2. The molecule has 1 aliphatic heterocycles. The van der Waals surface area contributed by atoms with Gasteiger partial charge in [-0.1, -0.05) is 18.5 Å². The van der Waals surface area contributed by atoms with Crippen LogP contribution >= 0.6 is 11.6 Å². The Morgan fingerprint density at radius 3 is 2.52 bits per heavy atom. The summed E-state index contributed by atoms with van der Waals surface area (Å²) in [6, 6.07) is 9.18. The van der Waals surface area contributed by atoms with E-state index < -0.39 is 17.6 Å². The Labute approximate surface area is 262 Å². The lowest BCUT2D eigenvalue weighted by Crippen LogP contribution is -2.47. The van der Waals surface area contributed by atoms with Crippen molar-refractivity contribution in [2.75, 3.05) is 48.7 Å². The van der Waals surface area contributed by atoms with E-state index in [0.29, 0.717) is 34.1 Å². The zero-order chi connectivity index (χ0) is 31.1. The van der Waals surface area contributed by atoms with E-state index in [0.717, 1.165) is 37.8 Å². The number of hydrogen-bond acceptors (Lipinski definition) is 7. The highest BCUT2D eigenvalue weighted by molar-refractivity contribution is 6.31. The molecule has 2 aromatic heterocycles. The molecule has 4 aromatic rings. The van der Waals surface area contributed by atoms with Gasteiger partial charge in [-0.3, -0.25) is 14.1 Å². The van der Waals surface area contributed by atoms with E-state index in [1.807, 2.05) is 56.4 Å². The topological polar surface area (TPSA) is 101 Å². The SMILES string of the molecule is Cc1nc(C(C)c2cc(Cl)c(F)c(C(=O)Nc3ccc(N4CCN(CC5CC5)CC4)cc3)c2OC(C)C)n2ccnc(N)c12. The molecule has 1 aliphatic carbocycles. The third-order valence-electron chi connectivity index (χ3n) is 8.50. The molecule has 1 saturated heterocycles. The molecule has 1 atom stereocenters. The number of benzene rings is 2. The standard InChI is InChI=1S/C33H39ClFN7O2/c1-19(2)44-30-25(20(3)32-38-21(4)29-31(36)37-11-12-42(29)32)17-26(34)28(35)27(30)33(43)39-23-7-9-24(10-8-23)41-15-13-40(14-16-41)18-22-5-6-22/h7-12,17,19-20,22H,5-6,13-16,18H2,1-4H3,(H2,36,37)(H,39,43). The predicted octanol–water partition coefficient (Wildman–Crippen LogP) is 6.14. The zero-order valence-electron chi connectivity index (χ0n) is 25.6. The largest absolute Gasteiger partial charge is 0.490 e. The third kappa shape index (κ3) is 6.05. The molecule has 1 amide bonds. The van der Waals surface area contributed by atoms with Gasteiger partial charge < -0.3 is 20.7 Å². The molecule has 2 aliphatic rings. The van der Waals surface area contributed by atoms with Crippen molar-refractivity contribution in [3.8, 4) is 5.75 Å². The Hall–Kier alpha value is -3.89. The van der Waals surface area contributed by atoms with Crippen LogP contribution in [0.2, 0.25) is 5.02 Å². The first-order chi connectivity index (χ1) is 21.1. The van der Waals surface area contributed by atoms with Crippen molar-refractivity contribution in [1.29, 1.82) is 0 Å². The van der Waals surface area contributed by atoms with Gasteiger partial charge in [0.15, 0.2) is 5.82 Å². The zero-order valence-corrected chi connectivity index (χ0v) is 26.4. The van der Waals surface area contributed by atoms with E-state index in [2.05, 4.69) is 20.1 Å². The minimum absolute atomic E-state index is 0.129. The van der Waals surface area contributed by atoms with Gasteiger partial charge in [0.25, 0.3) is 5.91 Å². The molecule has 0 bridgehead atoms. The van der Waals surface area contributed by atoms with Crippen molar-refractivity contribution in [2.45, 2.75) is 52.6 Å². The molecular formula is C33H39ClFN7O2. The van der Waals surface area contributed by atoms with E-state index >= 15 is 4.39 Å². The number of carbonyl (C=O) groups is 1. The van der Waals surface area contributed by atoms with Gasteiger partial charge >= 0.3 is 0 Å². The van der Waals surface area contributed by atoms with E-state index in [1.165, 1.54) is 25.5 Å². The molecule has 0 spiro atoms. The van der Waals surface area contributed by atoms with E-state index in [1.54, 1.807) is 12.4 Å². The van der Waals surface area contributed by atoms with Crippen LogP contribution in [0.4, 0.5) is 21.6 Å². The number of ether oxygens (including phenoxy) is 1. The maximum Gasteiger partial charge on any atom is 0.262 e. The Bertz CT molecular complexity index is 1680. The fourth-order valence-corrected chi connectivity index (χ4v) is 6.24. The van der Waals surface area contributed by atoms with Gasteiger partial charge in [0.2, 0.25) is 0 Å². The van der Waals surface area contributed by atoms with Crippen molar-refractivity contribution in [3.63, 3.8) is 0 Å². The van der Waals surface area contributed by atoms with Gasteiger partial charge in [-0.05, 0) is 69.9 Å². The number of fused-ring (bicyclic) bond motifs is 1. The maximum atomic E-state index is 15.7. The summed E-state index contributed by atoms with van der Waals surface area (Å²) in [6.45, 7) is 12.7. The summed E-state index contributed by atoms with van der Waals surface area (Å²) in [7, 11) is 0. The molecule has 3 N–H and O–H groups in total. The summed E-state index contributed by atoms with van der Waals surface area (Å²) in [5.74, 6) is 0.102. The van der Waals surface area contributed by atoms with Crippen LogP contribution in [0.5, 0.6) is 5.75 Å². The fraction of sp³-hybridized carbons (Fsp3) is 0.424. The molecule has 9 nitrogen and oxygen atoms in total. The first-order valence-corrected chi connectivity index (χ1v) is 15.6. The minimum Gasteiger partial charge on any atom is -0.490 e. The number of imidazole rings is 1. The van der Waals surface area contributed by atoms with Crippen molar-refractivity contribution in [1.82, 2.24) is 19.3 Å². The Balaban J connectivity index is 1.27. The molecule has 0 radical (unpaired) electrons. The summed E-state index contributed by atoms with van der Waals surface area (Å²) in [5, 5.41) is 2.69. The predicted molar refractivity (Wildman–Crippen MR) is 173 cm³/mol. The average molecular weight is 620 g/mol. The number of nitrogens with two attached hydrogens (primary N) is 1. The first-order valence-electron chi connectivity index (χ1n) is 15.3. The first kappa shape index (κ1) is 30.1. The van der Waals surface area contributed by atoms with Crippen LogP contribution in [0.25, 0.3) is 5.52 Å². The highest BCUT2D eigenvalue weighted by Crippen LogP contribution is 2.40. The van der Waals surface area contributed by atoms with Gasteiger partial charge in [0.1, 0.15) is 28.5 Å². The molecule has 2 fully saturated rings. The van der Waals surface area contributed by atoms with Crippen LogP contribution in [0.15, 0.2) is 42.7 Å². The van der Waals surface area contributed by atoms with Gasteiger partial charge in [0, 0.05) is 68.0 Å². The van der Waals surface area contributed by atoms with Gasteiger partial charge in [-0.25, -0.2) is 14.4 Å². The molecule has 6 rings (SSSR count). The number of carbonyl (C=O) groups excluding carboxylic acids is 1. The monoisotopic (exact) mass is 619 g/mol. The quantitative estimate of drug-likeness (QED) is 0.232. The van der Waals surface area contributed by atoms with Crippen molar-refractivity contribution in [2.24, 2.45) is 5.92 Å². The van der Waals surface area contributed by atoms with Crippen molar-refractivity contribution >= 4 is 40.2 Å². The van der Waals surface area contributed by atoms with E-state index in [-0.39, 0.29) is 22.4 Å². The number of rotatable bonds is 9. The number of anilines is 3. The Morgan fingerprint density at radius 1 is 1.16 bits per heavy atom. The third-order valence-corrected chi connectivity index (χ3v) is 8.77. The van der Waals surface area contributed by atoms with Crippen LogP contribution in [0.3, 0.4) is 0 Å². The van der Waals surface area contributed by atoms with Gasteiger partial charge in [-0.15, -0.1) is 0 Å². The van der Waals surface area contributed by atoms with Crippen LogP contribution in [-0.4, -0.2) is 64.0 Å². The summed E-state index contributed by atoms with van der Waals surface area (Å²) in [4.78, 5) is 27.6. The lowest BCUT2D eigenvalue weighted by Gasteiger charge is -2.36. The minimum atomic E-state index is -0.839. The van der Waals surface area contributed by atoms with Gasteiger partial charge in [-0.2, -0.15) is 0 Å². The summed E-state index contributed by atoms with van der Waals surface area (Å²) in [5.41, 5.74) is 9.47. The fourth-order valence-electron chi connectivity index (χ4n) is 6.03. The van der Waals surface area contributed by atoms with Crippen LogP contribution in [-0.2, 0) is 0 Å². The van der Waals surface area contributed by atoms with Crippen LogP contribution in [0.1, 0.15) is 67.0 Å². The molecule has 2 aromatic carbocycles. The summed E-state index contributed by atoms with van der Waals surface area (Å²) >= 11 is 6.43. The summed E-state index contributed by atoms with van der Waals surface area (Å²) in [6.07, 6.45) is 5.77. The number of halogens is 2. The highest BCUT2D eigenvalue weighted by atomic mass is 35.5. The molecular weight excluding hydrogens is 581 g/mol. The van der Waals surface area contributed by atoms with Gasteiger partial charge in [0.05, 0.1) is 16.8 Å². The maximum absolute atomic E-state index is 15.7. The normalized spacial score (nSPS) is 16.5. The number of nitrogens with zero attached hydrogens (tertiary/aromatic N) is 5. The average Bonchev–Trinajstić information content (AvgIpc) is 3.75. The number of piperazine rings is 1. The van der Waals surface area contributed by atoms with Crippen LogP contribution in [0, 0.1) is 18.7 Å². The molecule has 44 heavy (non-hydrogen) atoms. The second-order valence-corrected chi connectivity index (χ2v) is 12.6. The number of aryl methyl sites for hydroxylation is 1. The Kier molecular flexibility index (Phi) is 8.39. The number of aromatic nitrogens is 3. The van der Waals surface area contributed by atoms with E-state index in [9.17, 15) is 4.79 Å². The lowest BCUT2D eigenvalue weighted by atomic mass is 9.95. The van der Waals surface area contributed by atoms with Crippen molar-refractivity contribution < 1.29 is 13.9 Å². The van der Waals surface area contributed by atoms with E-state index in [4.69, 9.17) is 27.1 Å². The number of nitrogens with one attached hydrogen (secondary N) is 1. The molecule has 3 heterocycles. The number of nitrogen functional groups attached to an aromatic ring is 1. The van der Waals surface area contributed by atoms with Crippen molar-refractivity contribution in [3.05, 3.63) is 76.2 Å². The molecule has 1 unspecified atom stereocenters. The number of hydrogen-bond donors (Lipinski definition) is 2. The smallest absolute Gasteiger partial charge is 0.262 e. The summed E-state index contributed by atoms with van der Waals surface area (Å²) < 4.78 is 23.7. The molecule has 11 heteroatoms. The molecule has 232 valence electrons. The Morgan fingerprint density at radius 2 is 1.86 bits per heavy atom. The number of amides is 1. The lowest BCUT2D eigenvalue weighted by molar-refractivity contribution is 0.101. The molecule has 1 saturated carbocycles. The highest BCUT2D eigenvalue weighted by Gasteiger charge is 2.30. The second kappa shape index (κ2) is 12.2. The van der Waals surface area contributed by atoms with Crippen LogP contribution < -0.4 is 20.7 Å².